The normalized spacial score (nSPS) is 16.4. The topological polar surface area (TPSA) is 0 Å². The molecule has 0 heteroatoms. The maximum atomic E-state index is 2.55. The smallest absolute Gasteiger partial charge is 0.0334 e. The van der Waals surface area contributed by atoms with Crippen LogP contribution < -0.4 is 0 Å². The highest BCUT2D eigenvalue weighted by atomic mass is 14.4. The van der Waals surface area contributed by atoms with Gasteiger partial charge < -0.3 is 0 Å². The van der Waals surface area contributed by atoms with E-state index in [-0.39, 0.29) is 0 Å². The lowest BCUT2D eigenvalue weighted by molar-refractivity contribution is 0.121. The summed E-state index contributed by atoms with van der Waals surface area (Å²) in [5.74, 6) is 9.17. The molecule has 0 bridgehead atoms. The molecule has 0 aliphatic heterocycles. The quantitative estimate of drug-likeness (QED) is 0.205. The van der Waals surface area contributed by atoms with Crippen molar-refractivity contribution in [2.45, 2.75) is 338 Å². The van der Waals surface area contributed by atoms with E-state index in [1.54, 1.807) is 0 Å². The number of hydrogen-bond donors (Lipinski definition) is 0. The van der Waals surface area contributed by atoms with E-state index < -0.39 is 0 Å². The first-order chi connectivity index (χ1) is 29.5. The summed E-state index contributed by atoms with van der Waals surface area (Å²) in [4.78, 5) is 0. The van der Waals surface area contributed by atoms with Crippen LogP contribution in [0.1, 0.15) is 338 Å². The SMILES string of the molecule is CC(C(C)(C)C)C(C)(C)C.CC(C)(C)C.CC(C)C(C)(C)C.CC(C)C(C)C(C)C.CC(C1CCCCC1)C1CCCCC1.CCC(C)(C)C.CCC(C)(CC)CC.CCC(C)C(C)CC. The van der Waals surface area contributed by atoms with Gasteiger partial charge in [0.2, 0.25) is 0 Å². The molecule has 408 valence electrons. The second-order valence-corrected chi connectivity index (χ2v) is 29.5. The minimum atomic E-state index is 0.443. The van der Waals surface area contributed by atoms with Gasteiger partial charge >= 0.3 is 0 Å². The average molecular weight is 938 g/mol. The van der Waals surface area contributed by atoms with Crippen LogP contribution in [0.2, 0.25) is 0 Å². The van der Waals surface area contributed by atoms with Crippen molar-refractivity contribution in [2.75, 3.05) is 0 Å². The van der Waals surface area contributed by atoms with Crippen molar-refractivity contribution in [1.29, 1.82) is 0 Å². The van der Waals surface area contributed by atoms with Crippen LogP contribution in [0.25, 0.3) is 0 Å². The van der Waals surface area contributed by atoms with Crippen LogP contribution >= 0.6 is 0 Å². The van der Waals surface area contributed by atoms with E-state index in [1.165, 1.54) is 103 Å². The van der Waals surface area contributed by atoms with Crippen LogP contribution in [-0.2, 0) is 0 Å². The van der Waals surface area contributed by atoms with Gasteiger partial charge in [-0.15, -0.1) is 0 Å². The minimum absolute atomic E-state index is 0.443. The summed E-state index contributed by atoms with van der Waals surface area (Å²) in [7, 11) is 0. The van der Waals surface area contributed by atoms with E-state index in [4.69, 9.17) is 0 Å². The Kier molecular flexibility index (Phi) is 46.5. The summed E-state index contributed by atoms with van der Waals surface area (Å²) in [5.41, 5.74) is 3.05. The molecule has 0 aromatic carbocycles. The highest BCUT2D eigenvalue weighted by Gasteiger charge is 2.30. The molecule has 0 heterocycles. The maximum Gasteiger partial charge on any atom is -0.0334 e. The Bertz CT molecular complexity index is 909. The Balaban J connectivity index is -0.000000159. The molecule has 0 saturated heterocycles. The van der Waals surface area contributed by atoms with Gasteiger partial charge in [-0.1, -0.05) is 338 Å². The van der Waals surface area contributed by atoms with Gasteiger partial charge in [0.15, 0.2) is 0 Å². The molecule has 2 unspecified atom stereocenters. The Labute approximate surface area is 427 Å². The van der Waals surface area contributed by atoms with Crippen LogP contribution in [0, 0.1) is 91.7 Å². The summed E-state index contributed by atoms with van der Waals surface area (Å²) < 4.78 is 0. The van der Waals surface area contributed by atoms with Crippen LogP contribution in [0.5, 0.6) is 0 Å². The first-order valence-corrected chi connectivity index (χ1v) is 29.5. The first-order valence-electron chi connectivity index (χ1n) is 29.5. The third-order valence-electron chi connectivity index (χ3n) is 17.1. The van der Waals surface area contributed by atoms with Gasteiger partial charge in [-0.3, -0.25) is 0 Å². The molecule has 2 atom stereocenters. The Morgan fingerprint density at radius 2 is 0.591 bits per heavy atom. The standard InChI is InChI=1S/C14H26.C10H22.3C8H18.C7H16.C6H14.C5H12/c1-12(13-8-4-2-5-9-13)14-10-6-3-7-11-14;1-8(9(2,3)4)10(5,6)7;1-6(2)8(5)7(3)4;1-5-8(4,6-2)7-3;1-5-7(3)8(4)6-2;1-6(2)7(3,4)5;1-5-6(2,3)4;1-5(2,3)4/h12-14H,2-11H2,1H3;8H,1-7H3;6-8H,1-5H3;5-7H2,1-4H3;7-8H,5-6H2,1-4H3;6H,1-5H3;5H2,1-4H3;1-4H3. The molecular formula is C66H144. The lowest BCUT2D eigenvalue weighted by atomic mass is 9.68. The van der Waals surface area contributed by atoms with Crippen molar-refractivity contribution in [2.24, 2.45) is 91.7 Å². The molecule has 2 aliphatic rings. The molecule has 2 saturated carbocycles. The lowest BCUT2D eigenvalue weighted by Crippen LogP contribution is -2.29. The molecule has 2 rings (SSSR count). The van der Waals surface area contributed by atoms with Gasteiger partial charge in [0.1, 0.15) is 0 Å². The zero-order chi connectivity index (χ0) is 54.1. The molecule has 0 aromatic heterocycles. The Hall–Kier alpha value is 0. The van der Waals surface area contributed by atoms with Crippen LogP contribution in [0.3, 0.4) is 0 Å². The predicted octanol–water partition coefficient (Wildman–Crippen LogP) is 24.9. The lowest BCUT2D eigenvalue weighted by Gasteiger charge is -2.38. The second kappa shape index (κ2) is 39.6. The van der Waals surface area contributed by atoms with E-state index in [2.05, 4.69) is 235 Å². The van der Waals surface area contributed by atoms with Gasteiger partial charge in [0.05, 0.1) is 0 Å². The Morgan fingerprint density at radius 3 is 0.682 bits per heavy atom. The monoisotopic (exact) mass is 937 g/mol. The summed E-state index contributed by atoms with van der Waals surface area (Å²) in [5, 5.41) is 0. The number of rotatable bonds is 10. The highest BCUT2D eigenvalue weighted by molar-refractivity contribution is 4.80. The van der Waals surface area contributed by atoms with Gasteiger partial charge in [-0.25, -0.2) is 0 Å². The largest absolute Gasteiger partial charge is 0.0651 e. The van der Waals surface area contributed by atoms with Crippen molar-refractivity contribution in [3.8, 4) is 0 Å². The van der Waals surface area contributed by atoms with Crippen molar-refractivity contribution in [1.82, 2.24) is 0 Å². The molecule has 0 aromatic rings. The fraction of sp³-hybridized carbons (Fsp3) is 1.00. The molecular weight excluding hydrogens is 793 g/mol. The molecule has 2 aliphatic carbocycles. The zero-order valence-corrected chi connectivity index (χ0v) is 54.1. The fourth-order valence-corrected chi connectivity index (χ4v) is 7.33. The van der Waals surface area contributed by atoms with Gasteiger partial charge in [0, 0.05) is 0 Å². The van der Waals surface area contributed by atoms with Gasteiger partial charge in [-0.2, -0.15) is 0 Å². The van der Waals surface area contributed by atoms with Gasteiger partial charge in [-0.05, 0) is 91.7 Å². The summed E-state index contributed by atoms with van der Waals surface area (Å²) in [6.45, 7) is 77.5. The van der Waals surface area contributed by atoms with Crippen LogP contribution in [0.4, 0.5) is 0 Å². The van der Waals surface area contributed by atoms with E-state index in [0.29, 0.717) is 32.5 Å². The predicted molar refractivity (Wildman–Crippen MR) is 316 cm³/mol. The third-order valence-corrected chi connectivity index (χ3v) is 17.1. The van der Waals surface area contributed by atoms with Crippen LogP contribution in [-0.4, -0.2) is 0 Å². The minimum Gasteiger partial charge on any atom is -0.0651 e. The van der Waals surface area contributed by atoms with Crippen molar-refractivity contribution in [3.63, 3.8) is 0 Å². The second-order valence-electron chi connectivity index (χ2n) is 29.5. The molecule has 0 amide bonds. The van der Waals surface area contributed by atoms with Crippen molar-refractivity contribution < 1.29 is 0 Å². The van der Waals surface area contributed by atoms with E-state index in [0.717, 1.165) is 59.2 Å². The van der Waals surface area contributed by atoms with Crippen LogP contribution in [0.15, 0.2) is 0 Å². The zero-order valence-electron chi connectivity index (χ0n) is 54.1. The molecule has 0 radical (unpaired) electrons. The molecule has 0 spiro atoms. The Morgan fingerprint density at radius 1 is 0.364 bits per heavy atom. The van der Waals surface area contributed by atoms with Crippen molar-refractivity contribution >= 4 is 0 Å². The first kappa shape index (κ1) is 77.5. The summed E-state index contributed by atoms with van der Waals surface area (Å²) in [6.07, 6.45) is 23.1. The highest BCUT2D eigenvalue weighted by Crippen LogP contribution is 2.40. The van der Waals surface area contributed by atoms with Gasteiger partial charge in [0.25, 0.3) is 0 Å². The summed E-state index contributed by atoms with van der Waals surface area (Å²) >= 11 is 0. The fourth-order valence-electron chi connectivity index (χ4n) is 7.33. The number of hydrogen-bond acceptors (Lipinski definition) is 0. The summed E-state index contributed by atoms with van der Waals surface area (Å²) in [6, 6.07) is 0. The van der Waals surface area contributed by atoms with E-state index in [1.807, 2.05) is 0 Å². The van der Waals surface area contributed by atoms with E-state index in [9.17, 15) is 0 Å². The maximum absolute atomic E-state index is 2.55. The van der Waals surface area contributed by atoms with Crippen molar-refractivity contribution in [3.05, 3.63) is 0 Å². The third kappa shape index (κ3) is 51.8. The molecule has 0 N–H and O–H groups in total. The molecule has 66 heavy (non-hydrogen) atoms. The van der Waals surface area contributed by atoms with E-state index >= 15 is 0 Å². The molecule has 2 fully saturated rings. The average Bonchev–Trinajstić information content (AvgIpc) is 3.22. The molecule has 0 nitrogen and oxygen atoms in total.